The zero-order chi connectivity index (χ0) is 40.5. The van der Waals surface area contributed by atoms with Gasteiger partial charge in [-0.05, 0) is 96.7 Å². The standard InChI is InChI=1S/C48H82N4O3S/c1-5-7-9-11-13-15-17-19-21-23-25-27-29-31-33-35-44(53)50-48-46(47(55)49-38-40-51(3)4)42-37-39-52(41-43(42)56-48)45(54)36-34-32-30-28-26-24-22-20-18-16-14-12-10-8-6-2/h13,15,19-22H,5-12,14,16-18,23-41H2,1-4H3,(H,49,55)(H,50,53)/b15-13-,21-19-,22-20-. The minimum atomic E-state index is -0.134. The van der Waals surface area contributed by atoms with Gasteiger partial charge < -0.3 is 20.4 Å². The zero-order valence-corrected chi connectivity index (χ0v) is 37.2. The number of amides is 3. The van der Waals surface area contributed by atoms with Gasteiger partial charge in [0.15, 0.2) is 0 Å². The molecule has 1 aliphatic heterocycles. The summed E-state index contributed by atoms with van der Waals surface area (Å²) < 4.78 is 0. The molecule has 2 N–H and O–H groups in total. The Morgan fingerprint density at radius 2 is 1.16 bits per heavy atom. The maximum atomic E-state index is 13.5. The van der Waals surface area contributed by atoms with E-state index in [1.165, 1.54) is 120 Å². The summed E-state index contributed by atoms with van der Waals surface area (Å²) in [6.45, 7) is 6.92. The number of unbranched alkanes of at least 4 members (excludes halogenated alkanes) is 19. The zero-order valence-electron chi connectivity index (χ0n) is 36.4. The van der Waals surface area contributed by atoms with Crippen molar-refractivity contribution in [2.24, 2.45) is 0 Å². The number of thiophene rings is 1. The number of nitrogens with zero attached hydrogens (tertiary/aromatic N) is 2. The van der Waals surface area contributed by atoms with Crippen LogP contribution in [0.25, 0.3) is 0 Å². The lowest BCUT2D eigenvalue weighted by atomic mass is 10.0. The molecule has 0 unspecified atom stereocenters. The molecule has 0 saturated heterocycles. The van der Waals surface area contributed by atoms with Crippen LogP contribution in [-0.2, 0) is 22.6 Å². The van der Waals surface area contributed by atoms with E-state index in [-0.39, 0.29) is 17.7 Å². The van der Waals surface area contributed by atoms with Gasteiger partial charge in [-0.1, -0.05) is 134 Å². The third-order valence-electron chi connectivity index (χ3n) is 10.7. The van der Waals surface area contributed by atoms with Gasteiger partial charge in [0.05, 0.1) is 12.1 Å². The number of carbonyl (C=O) groups excluding carboxylic acids is 3. The Bertz CT molecular complexity index is 1280. The van der Waals surface area contributed by atoms with Crippen molar-refractivity contribution >= 4 is 34.1 Å². The van der Waals surface area contributed by atoms with E-state index in [4.69, 9.17) is 0 Å². The van der Waals surface area contributed by atoms with Crippen molar-refractivity contribution < 1.29 is 14.4 Å². The van der Waals surface area contributed by atoms with Gasteiger partial charge in [0, 0.05) is 37.4 Å². The van der Waals surface area contributed by atoms with Crippen molar-refractivity contribution in [3.8, 4) is 0 Å². The molecular formula is C48H82N4O3S. The molecule has 1 aromatic rings. The summed E-state index contributed by atoms with van der Waals surface area (Å²) in [4.78, 5) is 44.8. The van der Waals surface area contributed by atoms with Gasteiger partial charge in [-0.2, -0.15) is 0 Å². The highest BCUT2D eigenvalue weighted by atomic mass is 32.1. The molecule has 2 rings (SSSR count). The number of anilines is 1. The molecule has 8 heteroatoms. The predicted octanol–water partition coefficient (Wildman–Crippen LogP) is 12.7. The Balaban J connectivity index is 1.73. The number of allylic oxidation sites excluding steroid dienone is 6. The van der Waals surface area contributed by atoms with E-state index < -0.39 is 0 Å². The molecule has 1 aromatic heterocycles. The number of hydrogen-bond donors (Lipinski definition) is 2. The smallest absolute Gasteiger partial charge is 0.254 e. The van der Waals surface area contributed by atoms with Gasteiger partial charge in [0.25, 0.3) is 5.91 Å². The maximum absolute atomic E-state index is 13.5. The van der Waals surface area contributed by atoms with Crippen LogP contribution in [0.5, 0.6) is 0 Å². The summed E-state index contributed by atoms with van der Waals surface area (Å²) in [6.07, 6.45) is 44.3. The first kappa shape index (κ1) is 49.4. The van der Waals surface area contributed by atoms with Gasteiger partial charge in [0.1, 0.15) is 5.00 Å². The number of fused-ring (bicyclic) bond motifs is 1. The molecule has 0 spiro atoms. The summed E-state index contributed by atoms with van der Waals surface area (Å²) >= 11 is 1.48. The molecule has 1 aliphatic rings. The minimum Gasteiger partial charge on any atom is -0.351 e. The molecule has 0 radical (unpaired) electrons. The monoisotopic (exact) mass is 795 g/mol. The fraction of sp³-hybridized carbons (Fsp3) is 0.729. The fourth-order valence-corrected chi connectivity index (χ4v) is 8.49. The molecule has 318 valence electrons. The molecular weight excluding hydrogens is 713 g/mol. The third kappa shape index (κ3) is 23.5. The lowest BCUT2D eigenvalue weighted by Gasteiger charge is -2.27. The van der Waals surface area contributed by atoms with Crippen LogP contribution in [0.2, 0.25) is 0 Å². The molecule has 7 nitrogen and oxygen atoms in total. The molecule has 0 bridgehead atoms. The van der Waals surface area contributed by atoms with Crippen LogP contribution < -0.4 is 10.6 Å². The first-order valence-electron chi connectivity index (χ1n) is 23.0. The van der Waals surface area contributed by atoms with Crippen LogP contribution in [0.3, 0.4) is 0 Å². The molecule has 0 aromatic carbocycles. The molecule has 0 atom stereocenters. The molecule has 0 fully saturated rings. The van der Waals surface area contributed by atoms with E-state index in [1.54, 1.807) is 0 Å². The van der Waals surface area contributed by atoms with Crippen LogP contribution in [-0.4, -0.2) is 61.3 Å². The number of likely N-dealkylation sites (N-methyl/N-ethyl adjacent to an activating group) is 1. The molecule has 0 saturated carbocycles. The van der Waals surface area contributed by atoms with Gasteiger partial charge in [0.2, 0.25) is 11.8 Å². The highest BCUT2D eigenvalue weighted by Gasteiger charge is 2.30. The summed E-state index contributed by atoms with van der Waals surface area (Å²) in [5.41, 5.74) is 1.59. The predicted molar refractivity (Wildman–Crippen MR) is 242 cm³/mol. The second kappa shape index (κ2) is 33.3. The summed E-state index contributed by atoms with van der Waals surface area (Å²) in [6, 6.07) is 0. The van der Waals surface area contributed by atoms with Gasteiger partial charge in [-0.15, -0.1) is 11.3 Å². The third-order valence-corrected chi connectivity index (χ3v) is 11.9. The number of hydrogen-bond acceptors (Lipinski definition) is 5. The van der Waals surface area contributed by atoms with Gasteiger partial charge in [-0.3, -0.25) is 14.4 Å². The average molecular weight is 795 g/mol. The van der Waals surface area contributed by atoms with E-state index in [9.17, 15) is 14.4 Å². The molecule has 2 heterocycles. The van der Waals surface area contributed by atoms with Crippen molar-refractivity contribution in [2.75, 3.05) is 39.0 Å². The largest absolute Gasteiger partial charge is 0.351 e. The Hall–Kier alpha value is -2.71. The van der Waals surface area contributed by atoms with Crippen molar-refractivity contribution in [1.29, 1.82) is 0 Å². The van der Waals surface area contributed by atoms with Crippen LogP contribution in [0.4, 0.5) is 5.00 Å². The normalized spacial score (nSPS) is 13.1. The van der Waals surface area contributed by atoms with E-state index >= 15 is 0 Å². The minimum absolute atomic E-state index is 0.0336. The highest BCUT2D eigenvalue weighted by molar-refractivity contribution is 7.17. The molecule has 3 amide bonds. The molecule has 0 aliphatic carbocycles. The summed E-state index contributed by atoms with van der Waals surface area (Å²) in [5, 5.41) is 6.81. The van der Waals surface area contributed by atoms with Gasteiger partial charge in [-0.25, -0.2) is 0 Å². The second-order valence-electron chi connectivity index (χ2n) is 16.2. The maximum Gasteiger partial charge on any atom is 0.254 e. The number of nitrogens with one attached hydrogen (secondary N) is 2. The lowest BCUT2D eigenvalue weighted by molar-refractivity contribution is -0.132. The fourth-order valence-electron chi connectivity index (χ4n) is 7.22. The van der Waals surface area contributed by atoms with Crippen LogP contribution >= 0.6 is 11.3 Å². The first-order chi connectivity index (χ1) is 27.4. The Kier molecular flexibility index (Phi) is 29.4. The van der Waals surface area contributed by atoms with E-state index in [0.717, 1.165) is 61.9 Å². The number of rotatable bonds is 34. The Morgan fingerprint density at radius 3 is 1.75 bits per heavy atom. The average Bonchev–Trinajstić information content (AvgIpc) is 3.54. The van der Waals surface area contributed by atoms with Crippen molar-refractivity contribution in [1.82, 2.24) is 15.1 Å². The topological polar surface area (TPSA) is 81.8 Å². The SMILES string of the molecule is CCCCC/C=C\C/C=C\CCCCCCCC(=O)Nc1sc2c(c1C(=O)NCCN(C)C)CCN(C(=O)CCCCCCC/C=C\CCCCCCCC)C2. The van der Waals surface area contributed by atoms with Crippen LogP contribution in [0.15, 0.2) is 36.5 Å². The summed E-state index contributed by atoms with van der Waals surface area (Å²) in [5.74, 6) is 0.0316. The molecule has 56 heavy (non-hydrogen) atoms. The van der Waals surface area contributed by atoms with Crippen LogP contribution in [0.1, 0.15) is 202 Å². The van der Waals surface area contributed by atoms with Crippen molar-refractivity contribution in [3.05, 3.63) is 52.5 Å². The van der Waals surface area contributed by atoms with E-state index in [0.29, 0.717) is 49.5 Å². The highest BCUT2D eigenvalue weighted by Crippen LogP contribution is 2.37. The van der Waals surface area contributed by atoms with Crippen molar-refractivity contribution in [2.45, 2.75) is 194 Å². The van der Waals surface area contributed by atoms with Gasteiger partial charge >= 0.3 is 0 Å². The summed E-state index contributed by atoms with van der Waals surface area (Å²) in [7, 11) is 3.97. The number of carbonyl (C=O) groups is 3. The quantitative estimate of drug-likeness (QED) is 0.0538. The van der Waals surface area contributed by atoms with Crippen molar-refractivity contribution in [3.63, 3.8) is 0 Å². The Labute approximate surface area is 347 Å². The lowest BCUT2D eigenvalue weighted by Crippen LogP contribution is -2.36. The van der Waals surface area contributed by atoms with E-state index in [2.05, 4.69) is 60.9 Å². The first-order valence-corrected chi connectivity index (χ1v) is 23.8. The van der Waals surface area contributed by atoms with Crippen LogP contribution in [0, 0.1) is 0 Å². The second-order valence-corrected chi connectivity index (χ2v) is 17.3. The Morgan fingerprint density at radius 1 is 0.661 bits per heavy atom. The van der Waals surface area contributed by atoms with E-state index in [1.807, 2.05) is 23.9 Å².